The molecule has 0 radical (unpaired) electrons. The molecule has 0 unspecified atom stereocenters. The SMILES string of the molecule is C[C@@H]1CN(c2cccc(-c3cnn4ccccc34)n2)CCN1C(=O)OC(C)(C)C. The molecule has 4 rings (SSSR count). The summed E-state index contributed by atoms with van der Waals surface area (Å²) in [5, 5.41) is 4.41. The van der Waals surface area contributed by atoms with Crippen molar-refractivity contribution in [3.05, 3.63) is 48.8 Å². The standard InChI is InChI=1S/C22H27N5O2/c1-16-15-25(12-13-26(16)21(28)29-22(2,3)4)20-10-7-8-18(24-20)17-14-23-27-11-6-5-9-19(17)27/h5-11,14,16H,12-13,15H2,1-4H3/t16-/m1/s1. The van der Waals surface area contributed by atoms with Gasteiger partial charge in [0.2, 0.25) is 0 Å². The van der Waals surface area contributed by atoms with Gasteiger partial charge in [-0.05, 0) is 52.0 Å². The molecule has 1 amide bonds. The molecule has 1 aliphatic heterocycles. The predicted molar refractivity (Wildman–Crippen MR) is 113 cm³/mol. The topological polar surface area (TPSA) is 63.0 Å². The van der Waals surface area contributed by atoms with Gasteiger partial charge < -0.3 is 14.5 Å². The van der Waals surface area contributed by atoms with Crippen molar-refractivity contribution >= 4 is 17.4 Å². The fourth-order valence-corrected chi connectivity index (χ4v) is 3.64. The highest BCUT2D eigenvalue weighted by Gasteiger charge is 2.31. The Morgan fingerprint density at radius 2 is 1.97 bits per heavy atom. The molecule has 1 fully saturated rings. The molecular formula is C22H27N5O2. The maximum Gasteiger partial charge on any atom is 0.410 e. The zero-order valence-corrected chi connectivity index (χ0v) is 17.4. The van der Waals surface area contributed by atoms with E-state index >= 15 is 0 Å². The Labute approximate surface area is 170 Å². The first kappa shape index (κ1) is 19.2. The van der Waals surface area contributed by atoms with Gasteiger partial charge in [0, 0.05) is 37.4 Å². The number of aromatic nitrogens is 3. The number of piperazine rings is 1. The molecule has 3 aromatic rings. The largest absolute Gasteiger partial charge is 0.444 e. The fraction of sp³-hybridized carbons (Fsp3) is 0.409. The number of fused-ring (bicyclic) bond motifs is 1. The summed E-state index contributed by atoms with van der Waals surface area (Å²) in [4.78, 5) is 21.4. The Hall–Kier alpha value is -3.09. The third-order valence-corrected chi connectivity index (χ3v) is 5.02. The first-order valence-corrected chi connectivity index (χ1v) is 9.96. The molecule has 0 aromatic carbocycles. The van der Waals surface area contributed by atoms with Crippen LogP contribution in [0, 0.1) is 0 Å². The molecule has 29 heavy (non-hydrogen) atoms. The number of hydrogen-bond acceptors (Lipinski definition) is 5. The quantitative estimate of drug-likeness (QED) is 0.662. The summed E-state index contributed by atoms with van der Waals surface area (Å²) >= 11 is 0. The highest BCUT2D eigenvalue weighted by atomic mass is 16.6. The minimum absolute atomic E-state index is 0.0426. The number of pyridine rings is 2. The molecule has 4 heterocycles. The van der Waals surface area contributed by atoms with Gasteiger partial charge in [-0.2, -0.15) is 5.10 Å². The lowest BCUT2D eigenvalue weighted by atomic mass is 10.1. The molecule has 1 atom stereocenters. The normalized spacial score (nSPS) is 17.6. The summed E-state index contributed by atoms with van der Waals surface area (Å²) in [7, 11) is 0. The van der Waals surface area contributed by atoms with Crippen LogP contribution in [0.5, 0.6) is 0 Å². The second-order valence-corrected chi connectivity index (χ2v) is 8.44. The highest BCUT2D eigenvalue weighted by Crippen LogP contribution is 2.26. The molecule has 7 nitrogen and oxygen atoms in total. The van der Waals surface area contributed by atoms with E-state index in [0.29, 0.717) is 13.1 Å². The number of hydrogen-bond donors (Lipinski definition) is 0. The minimum Gasteiger partial charge on any atom is -0.444 e. The Bertz CT molecular complexity index is 1020. The molecule has 3 aromatic heterocycles. The zero-order valence-electron chi connectivity index (χ0n) is 17.4. The first-order chi connectivity index (χ1) is 13.8. The lowest BCUT2D eigenvalue weighted by molar-refractivity contribution is 0.0158. The summed E-state index contributed by atoms with van der Waals surface area (Å²) in [6.45, 7) is 9.76. The number of nitrogens with zero attached hydrogens (tertiary/aromatic N) is 5. The Morgan fingerprint density at radius 1 is 1.14 bits per heavy atom. The fourth-order valence-electron chi connectivity index (χ4n) is 3.64. The van der Waals surface area contributed by atoms with Crippen molar-refractivity contribution < 1.29 is 9.53 Å². The summed E-state index contributed by atoms with van der Waals surface area (Å²) in [6.07, 6.45) is 3.53. The van der Waals surface area contributed by atoms with E-state index in [1.54, 1.807) is 4.90 Å². The van der Waals surface area contributed by atoms with Crippen LogP contribution in [0.15, 0.2) is 48.8 Å². The number of carbonyl (C=O) groups excluding carboxylic acids is 1. The molecule has 0 N–H and O–H groups in total. The van der Waals surface area contributed by atoms with E-state index in [2.05, 4.69) is 10.00 Å². The smallest absolute Gasteiger partial charge is 0.410 e. The molecule has 0 aliphatic carbocycles. The maximum atomic E-state index is 12.5. The predicted octanol–water partition coefficient (Wildman–Crippen LogP) is 3.84. The number of ether oxygens (including phenoxy) is 1. The van der Waals surface area contributed by atoms with Crippen LogP contribution in [-0.4, -0.2) is 56.9 Å². The van der Waals surface area contributed by atoms with Crippen molar-refractivity contribution in [2.45, 2.75) is 39.3 Å². The number of rotatable bonds is 2. The second-order valence-electron chi connectivity index (χ2n) is 8.44. The van der Waals surface area contributed by atoms with Crippen LogP contribution in [0.25, 0.3) is 16.8 Å². The molecule has 0 saturated carbocycles. The van der Waals surface area contributed by atoms with Crippen LogP contribution in [0.1, 0.15) is 27.7 Å². The van der Waals surface area contributed by atoms with E-state index in [-0.39, 0.29) is 12.1 Å². The van der Waals surface area contributed by atoms with Gasteiger partial charge in [-0.1, -0.05) is 12.1 Å². The Morgan fingerprint density at radius 3 is 2.72 bits per heavy atom. The van der Waals surface area contributed by atoms with Crippen molar-refractivity contribution in [3.63, 3.8) is 0 Å². The average molecular weight is 393 g/mol. The third kappa shape index (κ3) is 4.04. The van der Waals surface area contributed by atoms with Gasteiger partial charge in [0.25, 0.3) is 0 Å². The van der Waals surface area contributed by atoms with Gasteiger partial charge >= 0.3 is 6.09 Å². The van der Waals surface area contributed by atoms with Gasteiger partial charge in [-0.15, -0.1) is 0 Å². The molecule has 152 valence electrons. The Kier molecular flexibility index (Phi) is 4.90. The van der Waals surface area contributed by atoms with Crippen molar-refractivity contribution in [3.8, 4) is 11.3 Å². The zero-order chi connectivity index (χ0) is 20.6. The summed E-state index contributed by atoms with van der Waals surface area (Å²) in [5.74, 6) is 0.911. The average Bonchev–Trinajstić information content (AvgIpc) is 3.11. The monoisotopic (exact) mass is 393 g/mol. The Balaban J connectivity index is 1.52. The maximum absolute atomic E-state index is 12.5. The van der Waals surface area contributed by atoms with Crippen LogP contribution in [0.3, 0.4) is 0 Å². The first-order valence-electron chi connectivity index (χ1n) is 9.96. The molecule has 1 aliphatic rings. The van der Waals surface area contributed by atoms with Gasteiger partial charge in [0.15, 0.2) is 0 Å². The van der Waals surface area contributed by atoms with Crippen LogP contribution in [0.2, 0.25) is 0 Å². The van der Waals surface area contributed by atoms with Crippen LogP contribution >= 0.6 is 0 Å². The minimum atomic E-state index is -0.488. The van der Waals surface area contributed by atoms with Gasteiger partial charge in [0.1, 0.15) is 11.4 Å². The van der Waals surface area contributed by atoms with Gasteiger partial charge in [-0.25, -0.2) is 14.3 Å². The van der Waals surface area contributed by atoms with Crippen molar-refractivity contribution in [2.24, 2.45) is 0 Å². The van der Waals surface area contributed by atoms with E-state index in [0.717, 1.165) is 29.1 Å². The lowest BCUT2D eigenvalue weighted by Crippen LogP contribution is -2.55. The molecule has 1 saturated heterocycles. The second kappa shape index (κ2) is 7.39. The summed E-state index contributed by atoms with van der Waals surface area (Å²) < 4.78 is 7.39. The van der Waals surface area contributed by atoms with Crippen LogP contribution < -0.4 is 4.90 Å². The van der Waals surface area contributed by atoms with E-state index in [9.17, 15) is 4.79 Å². The van der Waals surface area contributed by atoms with E-state index < -0.39 is 5.60 Å². The molecular weight excluding hydrogens is 366 g/mol. The number of anilines is 1. The van der Waals surface area contributed by atoms with E-state index in [1.807, 2.05) is 81.0 Å². The van der Waals surface area contributed by atoms with E-state index in [4.69, 9.17) is 9.72 Å². The van der Waals surface area contributed by atoms with Gasteiger partial charge in [0.05, 0.1) is 17.4 Å². The lowest BCUT2D eigenvalue weighted by Gasteiger charge is -2.40. The third-order valence-electron chi connectivity index (χ3n) is 5.02. The molecule has 0 bridgehead atoms. The highest BCUT2D eigenvalue weighted by molar-refractivity contribution is 5.78. The number of amides is 1. The van der Waals surface area contributed by atoms with Crippen molar-refractivity contribution in [2.75, 3.05) is 24.5 Å². The van der Waals surface area contributed by atoms with Crippen molar-refractivity contribution in [1.29, 1.82) is 0 Å². The molecule has 0 spiro atoms. The van der Waals surface area contributed by atoms with Gasteiger partial charge in [-0.3, -0.25) is 0 Å². The summed E-state index contributed by atoms with van der Waals surface area (Å²) in [5.41, 5.74) is 2.44. The van der Waals surface area contributed by atoms with Crippen LogP contribution in [-0.2, 0) is 4.74 Å². The number of carbonyl (C=O) groups is 1. The van der Waals surface area contributed by atoms with Crippen molar-refractivity contribution in [1.82, 2.24) is 19.5 Å². The van der Waals surface area contributed by atoms with Crippen LogP contribution in [0.4, 0.5) is 10.6 Å². The van der Waals surface area contributed by atoms with E-state index in [1.165, 1.54) is 0 Å². The summed E-state index contributed by atoms with van der Waals surface area (Å²) in [6, 6.07) is 12.1. The molecule has 7 heteroatoms.